The van der Waals surface area contributed by atoms with Crippen molar-refractivity contribution in [2.75, 3.05) is 19.7 Å². The summed E-state index contributed by atoms with van der Waals surface area (Å²) in [5.41, 5.74) is 0.860. The van der Waals surface area contributed by atoms with Crippen LogP contribution in [0.3, 0.4) is 0 Å². The topological polar surface area (TPSA) is 77.0 Å². The molecule has 7 nitrogen and oxygen atoms in total. The maximum Gasteiger partial charge on any atom is 0.328 e. The molecule has 1 spiro atoms. The number of benzene rings is 1. The molecule has 3 heterocycles. The van der Waals surface area contributed by atoms with Gasteiger partial charge in [0.05, 0.1) is 18.8 Å². The molecule has 0 unspecified atom stereocenters. The van der Waals surface area contributed by atoms with Crippen molar-refractivity contribution < 1.29 is 14.7 Å². The number of rotatable bonds is 6. The summed E-state index contributed by atoms with van der Waals surface area (Å²) in [5.74, 6) is -0.134. The second kappa shape index (κ2) is 8.53. The summed E-state index contributed by atoms with van der Waals surface area (Å²) >= 11 is 0. The molecular formula is C23H28N4O3. The number of nitrogens with zero attached hydrogens (tertiary/aromatic N) is 4. The van der Waals surface area contributed by atoms with Crippen LogP contribution in [0.5, 0.6) is 0 Å². The summed E-state index contributed by atoms with van der Waals surface area (Å²) in [6.45, 7) is 3.99. The maximum atomic E-state index is 13.6. The van der Waals surface area contributed by atoms with Crippen molar-refractivity contribution in [3.63, 3.8) is 0 Å². The second-order valence-electron chi connectivity index (χ2n) is 8.17. The van der Waals surface area contributed by atoms with Crippen LogP contribution in [0.15, 0.2) is 54.7 Å². The molecule has 1 N–H and O–H groups in total. The predicted octanol–water partition coefficient (Wildman–Crippen LogP) is 2.26. The number of piperidine rings is 1. The van der Waals surface area contributed by atoms with Gasteiger partial charge in [0.2, 0.25) is 0 Å². The van der Waals surface area contributed by atoms with Gasteiger partial charge in [0.15, 0.2) is 0 Å². The summed E-state index contributed by atoms with van der Waals surface area (Å²) < 4.78 is 0. The van der Waals surface area contributed by atoms with E-state index >= 15 is 0 Å². The van der Waals surface area contributed by atoms with Crippen LogP contribution in [-0.4, -0.2) is 68.0 Å². The Labute approximate surface area is 176 Å². The lowest BCUT2D eigenvalue weighted by Gasteiger charge is -2.43. The molecule has 7 heteroatoms. The Balaban J connectivity index is 1.62. The van der Waals surface area contributed by atoms with E-state index in [-0.39, 0.29) is 31.1 Å². The number of hydrogen-bond donors (Lipinski definition) is 1. The fourth-order valence-corrected chi connectivity index (χ4v) is 4.49. The van der Waals surface area contributed by atoms with Crippen LogP contribution in [0, 0.1) is 0 Å². The van der Waals surface area contributed by atoms with Crippen LogP contribution >= 0.6 is 0 Å². The Morgan fingerprint density at radius 1 is 1.03 bits per heavy atom. The van der Waals surface area contributed by atoms with Gasteiger partial charge < -0.3 is 10.0 Å². The molecule has 0 bridgehead atoms. The molecule has 2 aromatic rings. The number of aromatic nitrogens is 1. The largest absolute Gasteiger partial charge is 0.395 e. The summed E-state index contributed by atoms with van der Waals surface area (Å²) in [7, 11) is 0. The molecule has 0 radical (unpaired) electrons. The van der Waals surface area contributed by atoms with Crippen LogP contribution in [0.1, 0.15) is 31.0 Å². The number of carbonyl (C=O) groups excluding carboxylic acids is 2. The van der Waals surface area contributed by atoms with Gasteiger partial charge in [0.25, 0.3) is 5.91 Å². The van der Waals surface area contributed by atoms with Gasteiger partial charge in [-0.2, -0.15) is 0 Å². The number of aliphatic hydroxyl groups is 1. The molecule has 2 aliphatic rings. The van der Waals surface area contributed by atoms with E-state index in [1.165, 1.54) is 4.90 Å². The van der Waals surface area contributed by atoms with E-state index in [0.717, 1.165) is 5.56 Å². The first-order chi connectivity index (χ1) is 14.5. The third-order valence-electron chi connectivity index (χ3n) is 6.36. The molecule has 2 fully saturated rings. The molecule has 1 aromatic carbocycles. The minimum absolute atomic E-state index is 0.0433. The number of likely N-dealkylation sites (tertiary alicyclic amines) is 1. The fourth-order valence-electron chi connectivity index (χ4n) is 4.49. The first-order valence-electron chi connectivity index (χ1n) is 10.5. The summed E-state index contributed by atoms with van der Waals surface area (Å²) in [6.07, 6.45) is 2.80. The minimum Gasteiger partial charge on any atom is -0.395 e. The highest BCUT2D eigenvalue weighted by atomic mass is 16.3. The van der Waals surface area contributed by atoms with E-state index in [0.29, 0.717) is 38.2 Å². The molecule has 4 rings (SSSR count). The van der Waals surface area contributed by atoms with Crippen LogP contribution in [0.25, 0.3) is 0 Å². The lowest BCUT2D eigenvalue weighted by atomic mass is 9.85. The molecule has 30 heavy (non-hydrogen) atoms. The lowest BCUT2D eigenvalue weighted by molar-refractivity contribution is -0.136. The van der Waals surface area contributed by atoms with Crippen molar-refractivity contribution in [3.05, 3.63) is 66.0 Å². The second-order valence-corrected chi connectivity index (χ2v) is 8.17. The van der Waals surface area contributed by atoms with Crippen molar-refractivity contribution in [1.29, 1.82) is 0 Å². The van der Waals surface area contributed by atoms with Crippen molar-refractivity contribution in [2.45, 2.75) is 44.4 Å². The van der Waals surface area contributed by atoms with Crippen LogP contribution in [-0.2, 0) is 17.9 Å². The number of imide groups is 1. The van der Waals surface area contributed by atoms with Gasteiger partial charge in [0.1, 0.15) is 5.54 Å². The molecule has 0 aliphatic carbocycles. The molecule has 158 valence electrons. The van der Waals surface area contributed by atoms with Gasteiger partial charge in [-0.1, -0.05) is 36.4 Å². The molecule has 1 aromatic heterocycles. The quantitative estimate of drug-likeness (QED) is 0.742. The Kier molecular flexibility index (Phi) is 5.83. The highest BCUT2D eigenvalue weighted by molar-refractivity contribution is 6.07. The zero-order chi connectivity index (χ0) is 21.1. The van der Waals surface area contributed by atoms with Crippen LogP contribution in [0.2, 0.25) is 0 Å². The summed E-state index contributed by atoms with van der Waals surface area (Å²) in [5, 5.41) is 9.50. The molecule has 2 saturated heterocycles. The van der Waals surface area contributed by atoms with Crippen molar-refractivity contribution >= 4 is 11.9 Å². The average Bonchev–Trinajstić information content (AvgIpc) is 2.97. The Morgan fingerprint density at radius 3 is 2.37 bits per heavy atom. The smallest absolute Gasteiger partial charge is 0.328 e. The van der Waals surface area contributed by atoms with Gasteiger partial charge in [-0.25, -0.2) is 4.79 Å². The first kappa shape index (κ1) is 20.5. The van der Waals surface area contributed by atoms with Gasteiger partial charge >= 0.3 is 6.03 Å². The summed E-state index contributed by atoms with van der Waals surface area (Å²) in [6, 6.07) is 15.1. The normalized spacial score (nSPS) is 20.2. The first-order valence-corrected chi connectivity index (χ1v) is 10.5. The van der Waals surface area contributed by atoms with Crippen molar-refractivity contribution in [2.24, 2.45) is 0 Å². The van der Waals surface area contributed by atoms with E-state index in [4.69, 9.17) is 0 Å². The molecule has 0 saturated carbocycles. The van der Waals surface area contributed by atoms with Gasteiger partial charge in [-0.3, -0.25) is 19.6 Å². The third kappa shape index (κ3) is 3.70. The van der Waals surface area contributed by atoms with Crippen LogP contribution in [0.4, 0.5) is 4.79 Å². The zero-order valence-corrected chi connectivity index (χ0v) is 17.3. The number of amides is 3. The molecule has 2 aliphatic heterocycles. The van der Waals surface area contributed by atoms with Gasteiger partial charge in [-0.15, -0.1) is 0 Å². The third-order valence-corrected chi connectivity index (χ3v) is 6.36. The SMILES string of the molecule is C[C@H](CO)N1CCC2(CC1)C(=O)N(Cc1ccccn1)C(=O)N2Cc1ccccc1. The fraction of sp³-hybridized carbons (Fsp3) is 0.435. The molecule has 1 atom stereocenters. The van der Waals surface area contributed by atoms with Crippen LogP contribution < -0.4 is 0 Å². The standard InChI is InChI=1S/C23H28N4O3/c1-18(17-28)25-13-10-23(11-14-25)21(29)26(16-20-9-5-6-12-24-20)22(30)27(23)15-19-7-3-2-4-8-19/h2-9,12,18,28H,10-11,13-17H2,1H3/t18-/m1/s1. The highest BCUT2D eigenvalue weighted by Crippen LogP contribution is 2.39. The van der Waals surface area contributed by atoms with Gasteiger partial charge in [-0.05, 0) is 37.5 Å². The lowest BCUT2D eigenvalue weighted by Crippen LogP contribution is -2.57. The average molecular weight is 409 g/mol. The number of urea groups is 1. The monoisotopic (exact) mass is 408 g/mol. The summed E-state index contributed by atoms with van der Waals surface area (Å²) in [4.78, 5) is 36.6. The van der Waals surface area contributed by atoms with E-state index in [9.17, 15) is 14.7 Å². The Hall–Kier alpha value is -2.77. The van der Waals surface area contributed by atoms with Crippen molar-refractivity contribution in [1.82, 2.24) is 19.7 Å². The number of aliphatic hydroxyl groups excluding tert-OH is 1. The highest BCUT2D eigenvalue weighted by Gasteiger charge is 2.58. The minimum atomic E-state index is -0.840. The number of hydrogen-bond acceptors (Lipinski definition) is 5. The predicted molar refractivity (Wildman–Crippen MR) is 112 cm³/mol. The van der Waals surface area contributed by atoms with E-state index in [2.05, 4.69) is 9.88 Å². The Morgan fingerprint density at radius 2 is 1.73 bits per heavy atom. The maximum absolute atomic E-state index is 13.6. The zero-order valence-electron chi connectivity index (χ0n) is 17.3. The molecule has 3 amide bonds. The van der Waals surface area contributed by atoms with E-state index in [1.807, 2.05) is 55.5 Å². The molecular weight excluding hydrogens is 380 g/mol. The Bertz CT molecular complexity index is 882. The van der Waals surface area contributed by atoms with Crippen molar-refractivity contribution in [3.8, 4) is 0 Å². The number of pyridine rings is 1. The van der Waals surface area contributed by atoms with E-state index < -0.39 is 5.54 Å². The van der Waals surface area contributed by atoms with E-state index in [1.54, 1.807) is 11.1 Å². The number of carbonyl (C=O) groups is 2. The van der Waals surface area contributed by atoms with Gasteiger partial charge in [0, 0.05) is 31.9 Å².